The summed E-state index contributed by atoms with van der Waals surface area (Å²) in [6.45, 7) is 2.04. The first-order chi connectivity index (χ1) is 15.5. The van der Waals surface area contributed by atoms with Crippen molar-refractivity contribution in [3.8, 4) is 5.75 Å². The van der Waals surface area contributed by atoms with Crippen molar-refractivity contribution in [3.63, 3.8) is 0 Å². The molecule has 1 aliphatic heterocycles. The number of carboxylic acids is 1. The van der Waals surface area contributed by atoms with E-state index in [4.69, 9.17) is 21.4 Å². The van der Waals surface area contributed by atoms with Crippen LogP contribution in [-0.2, 0) is 11.2 Å². The molecule has 1 aliphatic rings. The van der Waals surface area contributed by atoms with Crippen LogP contribution in [-0.4, -0.2) is 17.2 Å². The second-order valence-electron chi connectivity index (χ2n) is 7.58. The molecule has 1 heterocycles. The smallest absolute Gasteiger partial charge is 0.328 e. The minimum Gasteiger partial charge on any atom is -0.485 e. The van der Waals surface area contributed by atoms with E-state index < -0.39 is 5.97 Å². The third kappa shape index (κ3) is 4.61. The summed E-state index contributed by atoms with van der Waals surface area (Å²) in [5, 5.41) is 9.23. The average molecular weight is 449 g/mol. The summed E-state index contributed by atoms with van der Waals surface area (Å²) in [6, 6.07) is 20.1. The van der Waals surface area contributed by atoms with Crippen LogP contribution in [0.25, 0.3) is 17.2 Å². The molecule has 4 rings (SSSR count). The Labute approximate surface area is 191 Å². The minimum absolute atomic E-state index is 0.219. The number of hydrogen-bond donors (Lipinski definition) is 1. The van der Waals surface area contributed by atoms with Gasteiger partial charge in [-0.15, -0.1) is 0 Å². The van der Waals surface area contributed by atoms with Gasteiger partial charge in [-0.25, -0.2) is 9.18 Å². The molecular formula is C27H22ClFO3. The normalized spacial score (nSPS) is 15.9. The van der Waals surface area contributed by atoms with Gasteiger partial charge in [0.1, 0.15) is 17.7 Å². The van der Waals surface area contributed by atoms with Gasteiger partial charge in [0.05, 0.1) is 5.02 Å². The molecule has 162 valence electrons. The van der Waals surface area contributed by atoms with Crippen LogP contribution >= 0.6 is 11.6 Å². The van der Waals surface area contributed by atoms with E-state index in [0.29, 0.717) is 17.9 Å². The lowest BCUT2D eigenvalue weighted by Gasteiger charge is -2.22. The summed E-state index contributed by atoms with van der Waals surface area (Å²) in [4.78, 5) is 10.8. The number of fused-ring (bicyclic) bond motifs is 1. The van der Waals surface area contributed by atoms with Crippen LogP contribution in [0, 0.1) is 5.82 Å². The van der Waals surface area contributed by atoms with Gasteiger partial charge in [0.2, 0.25) is 0 Å². The maximum absolute atomic E-state index is 13.7. The van der Waals surface area contributed by atoms with E-state index in [9.17, 15) is 9.18 Å². The fourth-order valence-electron chi connectivity index (χ4n) is 4.10. The van der Waals surface area contributed by atoms with Crippen molar-refractivity contribution in [2.24, 2.45) is 0 Å². The van der Waals surface area contributed by atoms with Gasteiger partial charge in [-0.05, 0) is 58.5 Å². The summed E-state index contributed by atoms with van der Waals surface area (Å²) in [5.41, 5.74) is 5.63. The number of halogens is 2. The highest BCUT2D eigenvalue weighted by Gasteiger charge is 2.29. The third-order valence-corrected chi connectivity index (χ3v) is 5.86. The number of para-hydroxylation sites is 1. The maximum atomic E-state index is 13.7. The van der Waals surface area contributed by atoms with Crippen LogP contribution in [0.5, 0.6) is 5.75 Å². The summed E-state index contributed by atoms with van der Waals surface area (Å²) in [7, 11) is 0. The molecule has 1 unspecified atom stereocenters. The van der Waals surface area contributed by atoms with Gasteiger partial charge < -0.3 is 9.84 Å². The van der Waals surface area contributed by atoms with Crippen LogP contribution in [0.15, 0.2) is 72.8 Å². The Bertz CT molecular complexity index is 1190. The van der Waals surface area contributed by atoms with Crippen LogP contribution in [0.1, 0.15) is 35.6 Å². The molecule has 3 aromatic rings. The zero-order valence-corrected chi connectivity index (χ0v) is 18.3. The molecule has 3 nitrogen and oxygen atoms in total. The van der Waals surface area contributed by atoms with Crippen molar-refractivity contribution in [1.29, 1.82) is 0 Å². The molecule has 0 fully saturated rings. The Morgan fingerprint density at radius 2 is 1.91 bits per heavy atom. The second kappa shape index (κ2) is 9.41. The van der Waals surface area contributed by atoms with E-state index >= 15 is 0 Å². The Kier molecular flexibility index (Phi) is 6.42. The van der Waals surface area contributed by atoms with Gasteiger partial charge in [-0.1, -0.05) is 67.1 Å². The molecule has 32 heavy (non-hydrogen) atoms. The van der Waals surface area contributed by atoms with Gasteiger partial charge in [0.25, 0.3) is 0 Å². The predicted molar refractivity (Wildman–Crippen MR) is 126 cm³/mol. The zero-order chi connectivity index (χ0) is 22.7. The number of carbonyl (C=O) groups is 1. The van der Waals surface area contributed by atoms with Crippen molar-refractivity contribution in [3.05, 3.63) is 106 Å². The summed E-state index contributed by atoms with van der Waals surface area (Å²) in [6.07, 6.45) is 3.84. The highest BCUT2D eigenvalue weighted by atomic mass is 35.5. The summed E-state index contributed by atoms with van der Waals surface area (Å²) >= 11 is 6.45. The fourth-order valence-corrected chi connectivity index (χ4v) is 4.38. The van der Waals surface area contributed by atoms with Crippen molar-refractivity contribution in [2.75, 3.05) is 0 Å². The minimum atomic E-state index is -0.994. The number of aliphatic carboxylic acids is 1. The lowest BCUT2D eigenvalue weighted by atomic mass is 9.87. The number of allylic oxidation sites excluding steroid dienone is 1. The molecule has 0 amide bonds. The quantitative estimate of drug-likeness (QED) is 0.329. The molecule has 1 N–H and O–H groups in total. The molecule has 0 aliphatic carbocycles. The average Bonchev–Trinajstić information content (AvgIpc) is 3.20. The molecule has 0 radical (unpaired) electrons. The fraction of sp³-hybridized carbons (Fsp3) is 0.148. The highest BCUT2D eigenvalue weighted by molar-refractivity contribution is 6.32. The summed E-state index contributed by atoms with van der Waals surface area (Å²) < 4.78 is 20.1. The lowest BCUT2D eigenvalue weighted by molar-refractivity contribution is -0.131. The number of hydrogen-bond acceptors (Lipinski definition) is 2. The number of rotatable bonds is 6. The number of ether oxygens (including phenoxy) is 1. The van der Waals surface area contributed by atoms with E-state index in [1.165, 1.54) is 12.1 Å². The van der Waals surface area contributed by atoms with Gasteiger partial charge in [0, 0.05) is 18.1 Å². The van der Waals surface area contributed by atoms with E-state index in [2.05, 4.69) is 6.07 Å². The maximum Gasteiger partial charge on any atom is 0.328 e. The third-order valence-electron chi connectivity index (χ3n) is 5.54. The Morgan fingerprint density at radius 3 is 2.56 bits per heavy atom. The number of benzene rings is 3. The molecule has 3 aromatic carbocycles. The molecule has 1 atom stereocenters. The van der Waals surface area contributed by atoms with Crippen molar-refractivity contribution < 1.29 is 19.0 Å². The van der Waals surface area contributed by atoms with Crippen LogP contribution in [0.4, 0.5) is 4.39 Å². The van der Waals surface area contributed by atoms with Gasteiger partial charge in [-0.3, -0.25) is 0 Å². The van der Waals surface area contributed by atoms with Crippen LogP contribution < -0.4 is 4.74 Å². The van der Waals surface area contributed by atoms with Crippen LogP contribution in [0.3, 0.4) is 0 Å². The largest absolute Gasteiger partial charge is 0.485 e. The Balaban J connectivity index is 1.83. The molecule has 0 aromatic heterocycles. The van der Waals surface area contributed by atoms with Gasteiger partial charge in [0.15, 0.2) is 0 Å². The Morgan fingerprint density at radius 1 is 1.16 bits per heavy atom. The number of carboxylic acid groups (broad SMARTS) is 1. The zero-order valence-electron chi connectivity index (χ0n) is 17.5. The van der Waals surface area contributed by atoms with Crippen molar-refractivity contribution in [2.45, 2.75) is 25.9 Å². The first kappa shape index (κ1) is 21.8. The Hall–Kier alpha value is -3.37. The monoisotopic (exact) mass is 448 g/mol. The van der Waals surface area contributed by atoms with E-state index in [0.717, 1.165) is 45.2 Å². The molecule has 5 heteroatoms. The van der Waals surface area contributed by atoms with Crippen LogP contribution in [0.2, 0.25) is 5.02 Å². The topological polar surface area (TPSA) is 46.5 Å². The second-order valence-corrected chi connectivity index (χ2v) is 7.99. The molecule has 0 bridgehead atoms. The standard InChI is InChI=1S/C27H22ClFO3/c1-2-21(22-13-12-20(29)16-23(22)28)27(25-15-19-5-3-4-6-24(19)32-25)18-10-7-17(8-11-18)9-14-26(30)31/h3-14,16,25H,2,15H2,1H3,(H,30,31)/b14-9+,27-21+. The first-order valence-corrected chi connectivity index (χ1v) is 10.8. The molecule has 0 saturated carbocycles. The van der Waals surface area contributed by atoms with E-state index in [-0.39, 0.29) is 11.9 Å². The molecule has 0 spiro atoms. The predicted octanol–water partition coefficient (Wildman–Crippen LogP) is 6.90. The summed E-state index contributed by atoms with van der Waals surface area (Å²) in [5.74, 6) is -0.516. The van der Waals surface area contributed by atoms with Gasteiger partial charge in [-0.2, -0.15) is 0 Å². The lowest BCUT2D eigenvalue weighted by Crippen LogP contribution is -2.17. The molecular weight excluding hydrogens is 427 g/mol. The highest BCUT2D eigenvalue weighted by Crippen LogP contribution is 2.41. The van der Waals surface area contributed by atoms with Crippen molar-refractivity contribution >= 4 is 34.8 Å². The first-order valence-electron chi connectivity index (χ1n) is 10.4. The van der Waals surface area contributed by atoms with Crippen molar-refractivity contribution in [1.82, 2.24) is 0 Å². The van der Waals surface area contributed by atoms with E-state index in [1.807, 2.05) is 49.4 Å². The van der Waals surface area contributed by atoms with E-state index in [1.54, 1.807) is 12.1 Å². The molecule has 0 saturated heterocycles. The van der Waals surface area contributed by atoms with Gasteiger partial charge >= 0.3 is 5.97 Å². The SMILES string of the molecule is CC/C(=C(/c1ccc(/C=C/C(=O)O)cc1)C1Cc2ccccc2O1)c1ccc(F)cc1Cl.